The Morgan fingerprint density at radius 2 is 1.74 bits per heavy atom. The smallest absolute Gasteiger partial charge is 0.321 e. The molecule has 1 fully saturated rings. The lowest BCUT2D eigenvalue weighted by Crippen LogP contribution is -2.54. The van der Waals surface area contributed by atoms with Crippen LogP contribution in [0.4, 0.5) is 33.8 Å². The number of benzene rings is 1. The number of amides is 2. The van der Waals surface area contributed by atoms with Crippen LogP contribution in [0.3, 0.4) is 0 Å². The molecule has 0 aliphatic carbocycles. The summed E-state index contributed by atoms with van der Waals surface area (Å²) in [6, 6.07) is 16.2. The molecule has 0 saturated carbocycles. The first kappa shape index (κ1) is 25.0. The van der Waals surface area contributed by atoms with Gasteiger partial charge >= 0.3 is 6.03 Å². The van der Waals surface area contributed by atoms with Crippen LogP contribution in [0, 0.1) is 6.92 Å². The van der Waals surface area contributed by atoms with E-state index in [1.165, 1.54) is 0 Å². The van der Waals surface area contributed by atoms with Crippen molar-refractivity contribution in [2.75, 3.05) is 42.2 Å². The van der Waals surface area contributed by atoms with Crippen LogP contribution in [-0.4, -0.2) is 73.2 Å². The molecular formula is C26H28N10O2. The number of anilines is 5. The van der Waals surface area contributed by atoms with Gasteiger partial charge in [-0.2, -0.15) is 4.98 Å². The second kappa shape index (κ2) is 11.6. The summed E-state index contributed by atoms with van der Waals surface area (Å²) in [5.41, 5.74) is 3.01. The molecule has 1 saturated heterocycles. The fraction of sp³-hybridized carbons (Fsp3) is 0.231. The Balaban J connectivity index is 1.20. The Morgan fingerprint density at radius 1 is 0.974 bits per heavy atom. The molecule has 3 aromatic heterocycles. The quantitative estimate of drug-likeness (QED) is 0.250. The van der Waals surface area contributed by atoms with E-state index in [-0.39, 0.29) is 18.7 Å². The molecule has 5 N–H and O–H groups in total. The van der Waals surface area contributed by atoms with Gasteiger partial charge in [-0.25, -0.2) is 24.7 Å². The van der Waals surface area contributed by atoms with Gasteiger partial charge in [-0.05, 0) is 55.5 Å². The zero-order valence-corrected chi connectivity index (χ0v) is 20.8. The first-order valence-electron chi connectivity index (χ1n) is 12.2. The number of rotatable bonds is 7. The summed E-state index contributed by atoms with van der Waals surface area (Å²) >= 11 is 0. The number of nitrogens with zero attached hydrogens (tertiary/aromatic N) is 6. The number of aliphatic hydroxyl groups excluding tert-OH is 1. The lowest BCUT2D eigenvalue weighted by Gasteiger charge is -2.32. The number of nitrogens with one attached hydrogen (secondary N) is 4. The number of piperazine rings is 1. The van der Waals surface area contributed by atoms with Gasteiger partial charge < -0.3 is 31.3 Å². The molecule has 12 heteroatoms. The van der Waals surface area contributed by atoms with Crippen LogP contribution in [0.1, 0.15) is 5.69 Å². The van der Waals surface area contributed by atoms with Gasteiger partial charge in [0.25, 0.3) is 0 Å². The minimum Gasteiger partial charge on any atom is -0.395 e. The van der Waals surface area contributed by atoms with Crippen molar-refractivity contribution in [3.8, 4) is 11.5 Å². The molecule has 38 heavy (non-hydrogen) atoms. The standard InChI is InChI=1S/C26H28N10O2/c1-17-3-2-4-21(30-17)24-28-11-9-22(34-24)33-23-10-12-29-25(35-23)31-18-5-7-19(8-6-18)32-26(38)36-14-13-27-20(15-36)16-37/h2-12,20,27,37H,13-16H2,1H3,(H,32,38)(H2,28,29,31,33,34,35)/t20-/m1/s1. The fourth-order valence-electron chi connectivity index (χ4n) is 3.94. The van der Waals surface area contributed by atoms with Gasteiger partial charge in [0.1, 0.15) is 17.3 Å². The number of urea groups is 1. The molecule has 0 spiro atoms. The predicted octanol–water partition coefficient (Wildman–Crippen LogP) is 2.92. The molecule has 1 aliphatic rings. The molecule has 194 valence electrons. The van der Waals surface area contributed by atoms with E-state index in [4.69, 9.17) is 0 Å². The molecule has 0 bridgehead atoms. The number of hydrogen-bond acceptors (Lipinski definition) is 10. The van der Waals surface area contributed by atoms with Crippen molar-refractivity contribution < 1.29 is 9.90 Å². The van der Waals surface area contributed by atoms with E-state index < -0.39 is 0 Å². The predicted molar refractivity (Wildman–Crippen MR) is 145 cm³/mol. The lowest BCUT2D eigenvalue weighted by molar-refractivity contribution is 0.159. The van der Waals surface area contributed by atoms with Gasteiger partial charge in [-0.15, -0.1) is 0 Å². The molecule has 1 atom stereocenters. The van der Waals surface area contributed by atoms with Crippen LogP contribution in [-0.2, 0) is 0 Å². The maximum atomic E-state index is 12.6. The molecule has 4 heterocycles. The minimum absolute atomic E-state index is 0.00602. The number of carbonyl (C=O) groups excluding carboxylic acids is 1. The van der Waals surface area contributed by atoms with E-state index in [1.807, 2.05) is 37.3 Å². The van der Waals surface area contributed by atoms with E-state index in [1.54, 1.807) is 41.6 Å². The monoisotopic (exact) mass is 512 g/mol. The third-order valence-electron chi connectivity index (χ3n) is 5.84. The maximum absolute atomic E-state index is 12.6. The van der Waals surface area contributed by atoms with Crippen LogP contribution in [0.5, 0.6) is 0 Å². The number of aliphatic hydroxyl groups is 1. The second-order valence-electron chi connectivity index (χ2n) is 8.73. The first-order chi connectivity index (χ1) is 18.6. The number of carbonyl (C=O) groups is 1. The highest BCUT2D eigenvalue weighted by Crippen LogP contribution is 2.20. The minimum atomic E-state index is -0.196. The van der Waals surface area contributed by atoms with E-state index in [0.717, 1.165) is 11.4 Å². The molecule has 4 aromatic rings. The van der Waals surface area contributed by atoms with Crippen LogP contribution in [0.25, 0.3) is 11.5 Å². The third-order valence-corrected chi connectivity index (χ3v) is 5.84. The van der Waals surface area contributed by atoms with Gasteiger partial charge in [0.2, 0.25) is 5.95 Å². The van der Waals surface area contributed by atoms with Gasteiger partial charge in [0, 0.05) is 55.1 Å². The average molecular weight is 513 g/mol. The van der Waals surface area contributed by atoms with Gasteiger partial charge in [-0.3, -0.25) is 0 Å². The Labute approximate surface area is 219 Å². The molecule has 5 rings (SSSR count). The summed E-state index contributed by atoms with van der Waals surface area (Å²) < 4.78 is 0. The van der Waals surface area contributed by atoms with Crippen LogP contribution >= 0.6 is 0 Å². The third kappa shape index (κ3) is 6.35. The Kier molecular flexibility index (Phi) is 7.62. The van der Waals surface area contributed by atoms with Gasteiger partial charge in [0.15, 0.2) is 5.82 Å². The van der Waals surface area contributed by atoms with Gasteiger partial charge in [-0.1, -0.05) is 6.07 Å². The van der Waals surface area contributed by atoms with Crippen molar-refractivity contribution >= 4 is 35.0 Å². The molecular weight excluding hydrogens is 484 g/mol. The van der Waals surface area contributed by atoms with Crippen molar-refractivity contribution in [2.24, 2.45) is 0 Å². The Bertz CT molecular complexity index is 1400. The summed E-state index contributed by atoms with van der Waals surface area (Å²) in [4.78, 5) is 36.4. The molecule has 1 aromatic carbocycles. The molecule has 0 unspecified atom stereocenters. The Morgan fingerprint density at radius 3 is 2.53 bits per heavy atom. The summed E-state index contributed by atoms with van der Waals surface area (Å²) in [5, 5.41) is 21.8. The number of aryl methyl sites for hydroxylation is 1. The summed E-state index contributed by atoms with van der Waals surface area (Å²) in [5.74, 6) is 2.06. The van der Waals surface area contributed by atoms with E-state index in [2.05, 4.69) is 46.2 Å². The highest BCUT2D eigenvalue weighted by atomic mass is 16.3. The highest BCUT2D eigenvalue weighted by molar-refractivity contribution is 5.89. The Hall–Kier alpha value is -4.68. The van der Waals surface area contributed by atoms with Crippen molar-refractivity contribution in [3.63, 3.8) is 0 Å². The number of hydrogen-bond donors (Lipinski definition) is 5. The molecule has 12 nitrogen and oxygen atoms in total. The van der Waals surface area contributed by atoms with E-state index in [0.29, 0.717) is 54.4 Å². The number of pyridine rings is 1. The zero-order valence-electron chi connectivity index (χ0n) is 20.8. The average Bonchev–Trinajstić information content (AvgIpc) is 2.94. The second-order valence-corrected chi connectivity index (χ2v) is 8.73. The summed E-state index contributed by atoms with van der Waals surface area (Å²) in [6.07, 6.45) is 3.31. The molecule has 1 aliphatic heterocycles. The lowest BCUT2D eigenvalue weighted by atomic mass is 10.2. The van der Waals surface area contributed by atoms with E-state index >= 15 is 0 Å². The topological polar surface area (TPSA) is 153 Å². The van der Waals surface area contributed by atoms with Crippen LogP contribution < -0.4 is 21.3 Å². The van der Waals surface area contributed by atoms with Gasteiger partial charge in [0.05, 0.1) is 6.61 Å². The van der Waals surface area contributed by atoms with E-state index in [9.17, 15) is 9.90 Å². The van der Waals surface area contributed by atoms with Crippen molar-refractivity contribution in [1.29, 1.82) is 0 Å². The molecule has 0 radical (unpaired) electrons. The summed E-state index contributed by atoms with van der Waals surface area (Å²) in [6.45, 7) is 3.61. The normalized spacial score (nSPS) is 15.1. The zero-order chi connectivity index (χ0) is 26.3. The fourth-order valence-corrected chi connectivity index (χ4v) is 3.94. The largest absolute Gasteiger partial charge is 0.395 e. The van der Waals surface area contributed by atoms with Crippen molar-refractivity contribution in [1.82, 2.24) is 35.1 Å². The first-order valence-corrected chi connectivity index (χ1v) is 12.2. The van der Waals surface area contributed by atoms with Crippen molar-refractivity contribution in [2.45, 2.75) is 13.0 Å². The highest BCUT2D eigenvalue weighted by Gasteiger charge is 2.22. The maximum Gasteiger partial charge on any atom is 0.321 e. The SMILES string of the molecule is Cc1cccc(-c2nccc(Nc3ccnc(Nc4ccc(NC(=O)N5CCN[C@@H](CO)C5)cc4)n3)n2)n1. The summed E-state index contributed by atoms with van der Waals surface area (Å²) in [7, 11) is 0. The van der Waals surface area contributed by atoms with Crippen molar-refractivity contribution in [3.05, 3.63) is 72.7 Å². The van der Waals surface area contributed by atoms with Crippen LogP contribution in [0.2, 0.25) is 0 Å². The molecule has 2 amide bonds. The van der Waals surface area contributed by atoms with Crippen LogP contribution in [0.15, 0.2) is 67.0 Å². The number of aromatic nitrogens is 5.